The van der Waals surface area contributed by atoms with Gasteiger partial charge in [-0.25, -0.2) is 4.68 Å². The normalized spacial score (nSPS) is 19.2. The molecule has 0 radical (unpaired) electrons. The summed E-state index contributed by atoms with van der Waals surface area (Å²) in [6, 6.07) is 13.7. The molecule has 0 spiro atoms. The van der Waals surface area contributed by atoms with Crippen molar-refractivity contribution in [1.29, 1.82) is 0 Å². The molecule has 0 aliphatic carbocycles. The molecule has 0 unspecified atom stereocenters. The predicted molar refractivity (Wildman–Crippen MR) is 122 cm³/mol. The maximum Gasteiger partial charge on any atom is 0.259 e. The van der Waals surface area contributed by atoms with Gasteiger partial charge in [-0.15, -0.1) is 0 Å². The van der Waals surface area contributed by atoms with Crippen LogP contribution >= 0.6 is 0 Å². The topological polar surface area (TPSA) is 63.4 Å². The lowest BCUT2D eigenvalue weighted by molar-refractivity contribution is -0.137. The van der Waals surface area contributed by atoms with Gasteiger partial charge in [-0.2, -0.15) is 5.10 Å². The van der Waals surface area contributed by atoms with E-state index < -0.39 is 0 Å². The molecule has 7 heteroatoms. The molecule has 2 aliphatic heterocycles. The molecule has 7 nitrogen and oxygen atoms in total. The molecule has 0 saturated carbocycles. The Morgan fingerprint density at radius 2 is 1.56 bits per heavy atom. The molecule has 2 saturated heterocycles. The summed E-state index contributed by atoms with van der Waals surface area (Å²) >= 11 is 0. The van der Waals surface area contributed by atoms with E-state index in [9.17, 15) is 9.59 Å². The summed E-state index contributed by atoms with van der Waals surface area (Å²) in [5.74, 6) is 0.764. The van der Waals surface area contributed by atoms with Gasteiger partial charge in [0.25, 0.3) is 5.91 Å². The second kappa shape index (κ2) is 9.02. The Balaban J connectivity index is 1.41. The summed E-state index contributed by atoms with van der Waals surface area (Å²) in [6.45, 7) is 2.86. The van der Waals surface area contributed by atoms with Gasteiger partial charge in [-0.1, -0.05) is 18.2 Å². The van der Waals surface area contributed by atoms with E-state index in [4.69, 9.17) is 0 Å². The van der Waals surface area contributed by atoms with Gasteiger partial charge in [0.05, 0.1) is 17.8 Å². The van der Waals surface area contributed by atoms with Crippen LogP contribution in [0.1, 0.15) is 42.5 Å². The summed E-state index contributed by atoms with van der Waals surface area (Å²) in [4.78, 5) is 30.6. The van der Waals surface area contributed by atoms with Crippen LogP contribution in [0, 0.1) is 5.92 Å². The number of rotatable bonds is 4. The Kier molecular flexibility index (Phi) is 5.79. The lowest BCUT2D eigenvalue weighted by atomic mass is 9.95. The van der Waals surface area contributed by atoms with Gasteiger partial charge in [-0.05, 0) is 56.4 Å². The summed E-state index contributed by atoms with van der Waals surface area (Å²) in [6.07, 6.45) is 10.6. The van der Waals surface area contributed by atoms with E-state index >= 15 is 0 Å². The van der Waals surface area contributed by atoms with Crippen LogP contribution in [0.5, 0.6) is 0 Å². The average Bonchev–Trinajstić information content (AvgIpc) is 3.54. The zero-order chi connectivity index (χ0) is 21.9. The molecule has 2 fully saturated rings. The monoisotopic (exact) mass is 431 g/mol. The summed E-state index contributed by atoms with van der Waals surface area (Å²) in [5.41, 5.74) is 1.45. The Labute approximate surface area is 188 Å². The van der Waals surface area contributed by atoms with E-state index in [2.05, 4.69) is 5.10 Å². The first-order valence-corrected chi connectivity index (χ1v) is 11.6. The third-order valence-electron chi connectivity index (χ3n) is 6.55. The van der Waals surface area contributed by atoms with Gasteiger partial charge < -0.3 is 14.4 Å². The minimum absolute atomic E-state index is 0.0629. The van der Waals surface area contributed by atoms with E-state index in [-0.39, 0.29) is 17.7 Å². The van der Waals surface area contributed by atoms with Crippen molar-refractivity contribution in [3.63, 3.8) is 0 Å². The van der Waals surface area contributed by atoms with E-state index in [1.54, 1.807) is 10.9 Å². The average molecular weight is 432 g/mol. The van der Waals surface area contributed by atoms with Crippen molar-refractivity contribution in [3.05, 3.63) is 66.6 Å². The lowest BCUT2D eigenvalue weighted by Gasteiger charge is -2.36. The smallest absolute Gasteiger partial charge is 0.259 e. The molecule has 3 aromatic rings. The number of hydrogen-bond acceptors (Lipinski definition) is 3. The Hall–Kier alpha value is -3.35. The van der Waals surface area contributed by atoms with Gasteiger partial charge in [0.1, 0.15) is 5.56 Å². The highest BCUT2D eigenvalue weighted by Gasteiger charge is 2.33. The number of para-hydroxylation sites is 1. The Morgan fingerprint density at radius 1 is 0.844 bits per heavy atom. The number of hydrogen-bond donors (Lipinski definition) is 0. The highest BCUT2D eigenvalue weighted by molar-refractivity contribution is 5.97. The standard InChI is InChI=1S/C25H29N5O2/c31-24(28-15-5-2-6-16-28)20-10-9-17-29(19-20)25(32)22-18-26-30(21-11-3-1-4-12-21)23(22)27-13-7-8-14-27/h1,3-4,7-8,11-14,18,20H,2,5-6,9-10,15-17,19H2/t20-/m0/s1. The number of benzene rings is 1. The summed E-state index contributed by atoms with van der Waals surface area (Å²) < 4.78 is 3.72. The summed E-state index contributed by atoms with van der Waals surface area (Å²) in [7, 11) is 0. The fourth-order valence-electron chi connectivity index (χ4n) is 4.88. The van der Waals surface area contributed by atoms with Crippen LogP contribution in [0.25, 0.3) is 11.5 Å². The Morgan fingerprint density at radius 3 is 2.31 bits per heavy atom. The first kappa shape index (κ1) is 20.5. The molecule has 0 N–H and O–H groups in total. The lowest BCUT2D eigenvalue weighted by Crippen LogP contribution is -2.48. The third kappa shape index (κ3) is 3.95. The van der Waals surface area contributed by atoms with Crippen LogP contribution in [0.2, 0.25) is 0 Å². The molecule has 32 heavy (non-hydrogen) atoms. The fourth-order valence-corrected chi connectivity index (χ4v) is 4.88. The highest BCUT2D eigenvalue weighted by atomic mass is 16.2. The van der Waals surface area contributed by atoms with Gasteiger partial charge in [0, 0.05) is 38.6 Å². The fraction of sp³-hybridized carbons (Fsp3) is 0.400. The number of amides is 2. The first-order valence-electron chi connectivity index (χ1n) is 11.6. The maximum absolute atomic E-state index is 13.6. The maximum atomic E-state index is 13.6. The predicted octanol–water partition coefficient (Wildman–Crippen LogP) is 3.53. The third-order valence-corrected chi connectivity index (χ3v) is 6.55. The number of piperidine rings is 2. The van der Waals surface area contributed by atoms with E-state index in [0.717, 1.165) is 50.3 Å². The molecule has 1 aromatic carbocycles. The van der Waals surface area contributed by atoms with Crippen LogP contribution in [-0.2, 0) is 4.79 Å². The van der Waals surface area contributed by atoms with Crippen molar-refractivity contribution in [1.82, 2.24) is 24.1 Å². The summed E-state index contributed by atoms with van der Waals surface area (Å²) in [5, 5.41) is 4.56. The van der Waals surface area contributed by atoms with Gasteiger partial charge in [-0.3, -0.25) is 9.59 Å². The molecule has 0 bridgehead atoms. The number of likely N-dealkylation sites (tertiary alicyclic amines) is 2. The number of aromatic nitrogens is 3. The SMILES string of the molecule is O=C(c1cnn(-c2ccccc2)c1-n1cccc1)N1CCC[C@H](C(=O)N2CCCCC2)C1. The van der Waals surface area contributed by atoms with E-state index in [1.807, 2.05) is 69.2 Å². The van der Waals surface area contributed by atoms with Crippen molar-refractivity contribution in [2.45, 2.75) is 32.1 Å². The second-order valence-electron chi connectivity index (χ2n) is 8.70. The molecular formula is C25H29N5O2. The second-order valence-corrected chi connectivity index (χ2v) is 8.70. The number of carbonyl (C=O) groups is 2. The van der Waals surface area contributed by atoms with Crippen molar-refractivity contribution in [2.24, 2.45) is 5.92 Å². The number of carbonyl (C=O) groups excluding carboxylic acids is 2. The van der Waals surface area contributed by atoms with Crippen molar-refractivity contribution in [3.8, 4) is 11.5 Å². The van der Waals surface area contributed by atoms with Gasteiger partial charge in [0.15, 0.2) is 5.82 Å². The van der Waals surface area contributed by atoms with Crippen LogP contribution in [0.4, 0.5) is 0 Å². The minimum Gasteiger partial charge on any atom is -0.342 e. The van der Waals surface area contributed by atoms with Gasteiger partial charge >= 0.3 is 0 Å². The zero-order valence-corrected chi connectivity index (χ0v) is 18.3. The van der Waals surface area contributed by atoms with Crippen LogP contribution in [0.3, 0.4) is 0 Å². The molecule has 2 aliphatic rings. The minimum atomic E-state index is -0.106. The largest absolute Gasteiger partial charge is 0.342 e. The van der Waals surface area contributed by atoms with E-state index in [1.165, 1.54) is 6.42 Å². The molecule has 2 aromatic heterocycles. The quantitative estimate of drug-likeness (QED) is 0.635. The molecule has 1 atom stereocenters. The molecule has 2 amide bonds. The molecule has 5 rings (SSSR count). The first-order chi connectivity index (χ1) is 15.7. The number of nitrogens with zero attached hydrogens (tertiary/aromatic N) is 5. The molecular weight excluding hydrogens is 402 g/mol. The van der Waals surface area contributed by atoms with Gasteiger partial charge in [0.2, 0.25) is 5.91 Å². The van der Waals surface area contributed by atoms with Crippen LogP contribution in [0.15, 0.2) is 61.1 Å². The van der Waals surface area contributed by atoms with Crippen molar-refractivity contribution < 1.29 is 9.59 Å². The van der Waals surface area contributed by atoms with E-state index in [0.29, 0.717) is 18.7 Å². The molecule has 166 valence electrons. The molecule has 4 heterocycles. The van der Waals surface area contributed by atoms with Crippen LogP contribution < -0.4 is 0 Å². The zero-order valence-electron chi connectivity index (χ0n) is 18.3. The highest BCUT2D eigenvalue weighted by Crippen LogP contribution is 2.26. The van der Waals surface area contributed by atoms with Crippen LogP contribution in [-0.4, -0.2) is 62.1 Å². The Bertz CT molecular complexity index is 1070. The van der Waals surface area contributed by atoms with Crippen molar-refractivity contribution >= 4 is 11.8 Å². The van der Waals surface area contributed by atoms with Crippen molar-refractivity contribution in [2.75, 3.05) is 26.2 Å².